The second kappa shape index (κ2) is 12.3. The van der Waals surface area contributed by atoms with Crippen LogP contribution in [0.25, 0.3) is 0 Å². The van der Waals surface area contributed by atoms with Gasteiger partial charge in [-0.05, 0) is 42.3 Å². The van der Waals surface area contributed by atoms with Crippen LogP contribution in [0, 0.1) is 15.9 Å². The molecule has 0 bridgehead atoms. The Morgan fingerprint density at radius 3 is 2.26 bits per heavy atom. The summed E-state index contributed by atoms with van der Waals surface area (Å²) in [5.74, 6) is -1.66. The number of anilines is 1. The number of benzene rings is 3. The number of nitro groups is 1. The Morgan fingerprint density at radius 1 is 1.03 bits per heavy atom. The third-order valence-electron chi connectivity index (χ3n) is 5.84. The number of carbonyl (C=O) groups is 2. The van der Waals surface area contributed by atoms with E-state index >= 15 is 0 Å². The number of hydrogen-bond acceptors (Lipinski definition) is 6. The number of carbonyl (C=O) groups excluding carboxylic acids is 2. The highest BCUT2D eigenvalue weighted by Crippen LogP contribution is 2.27. The number of halogens is 1. The van der Waals surface area contributed by atoms with Crippen molar-refractivity contribution in [3.63, 3.8) is 0 Å². The third-order valence-corrected chi connectivity index (χ3v) is 7.63. The molecule has 200 valence electrons. The van der Waals surface area contributed by atoms with Gasteiger partial charge in [0.1, 0.15) is 18.4 Å². The lowest BCUT2D eigenvalue weighted by Gasteiger charge is -2.33. The zero-order valence-electron chi connectivity index (χ0n) is 20.8. The van der Waals surface area contributed by atoms with E-state index in [2.05, 4.69) is 5.32 Å². The fourth-order valence-corrected chi connectivity index (χ4v) is 5.31. The SMILES string of the molecule is CC[C@@H](C(=O)NC)N(Cc1ccc(F)cc1)C(=O)CN(c1cccc([N+](=O)[O-])c1)S(=O)(=O)c1ccccc1. The van der Waals surface area contributed by atoms with Crippen LogP contribution in [0.3, 0.4) is 0 Å². The average molecular weight is 543 g/mol. The van der Waals surface area contributed by atoms with E-state index in [4.69, 9.17) is 0 Å². The zero-order valence-corrected chi connectivity index (χ0v) is 21.6. The molecule has 10 nitrogen and oxygen atoms in total. The molecule has 0 saturated carbocycles. The molecule has 2 amide bonds. The minimum Gasteiger partial charge on any atom is -0.357 e. The summed E-state index contributed by atoms with van der Waals surface area (Å²) in [6, 6.07) is 16.7. The fourth-order valence-electron chi connectivity index (χ4n) is 3.88. The maximum Gasteiger partial charge on any atom is 0.271 e. The van der Waals surface area contributed by atoms with Gasteiger partial charge in [0, 0.05) is 25.7 Å². The summed E-state index contributed by atoms with van der Waals surface area (Å²) in [6.07, 6.45) is 0.217. The minimum atomic E-state index is -4.35. The number of amides is 2. The van der Waals surface area contributed by atoms with E-state index in [9.17, 15) is 32.5 Å². The predicted molar refractivity (Wildman–Crippen MR) is 139 cm³/mol. The van der Waals surface area contributed by atoms with E-state index in [0.717, 1.165) is 10.4 Å². The van der Waals surface area contributed by atoms with Gasteiger partial charge in [-0.3, -0.25) is 24.0 Å². The second-order valence-electron chi connectivity index (χ2n) is 8.29. The van der Waals surface area contributed by atoms with Gasteiger partial charge in [0.15, 0.2) is 0 Å². The lowest BCUT2D eigenvalue weighted by atomic mass is 10.1. The molecule has 0 aliphatic heterocycles. The van der Waals surface area contributed by atoms with Gasteiger partial charge in [0.05, 0.1) is 15.5 Å². The molecule has 3 aromatic carbocycles. The van der Waals surface area contributed by atoms with E-state index in [1.807, 2.05) is 0 Å². The van der Waals surface area contributed by atoms with Gasteiger partial charge in [-0.25, -0.2) is 12.8 Å². The fraction of sp³-hybridized carbons (Fsp3) is 0.231. The van der Waals surface area contributed by atoms with Crippen molar-refractivity contribution in [1.29, 1.82) is 0 Å². The first-order chi connectivity index (χ1) is 18.1. The number of non-ortho nitro benzene ring substituents is 1. The van der Waals surface area contributed by atoms with Gasteiger partial charge in [-0.1, -0.05) is 43.3 Å². The largest absolute Gasteiger partial charge is 0.357 e. The standard InChI is InChI=1S/C26H27FN4O6S/c1-3-24(26(33)28-2)29(17-19-12-14-20(27)15-13-19)25(32)18-30(21-8-7-9-22(16-21)31(34)35)38(36,37)23-10-5-4-6-11-23/h4-16,24H,3,17-18H2,1-2H3,(H,28,33)/t24-/m0/s1. The Morgan fingerprint density at radius 2 is 1.68 bits per heavy atom. The summed E-state index contributed by atoms with van der Waals surface area (Å²) in [4.78, 5) is 38.2. The summed E-state index contributed by atoms with van der Waals surface area (Å²) in [5.41, 5.74) is 0.0734. The van der Waals surface area contributed by atoms with Crippen LogP contribution < -0.4 is 9.62 Å². The van der Waals surface area contributed by atoms with Gasteiger partial charge < -0.3 is 10.2 Å². The van der Waals surface area contributed by atoms with Gasteiger partial charge in [-0.15, -0.1) is 0 Å². The van der Waals surface area contributed by atoms with Crippen LogP contribution in [-0.4, -0.2) is 49.7 Å². The maximum absolute atomic E-state index is 13.7. The highest BCUT2D eigenvalue weighted by Gasteiger charge is 2.33. The number of nitrogens with zero attached hydrogens (tertiary/aromatic N) is 3. The van der Waals surface area contributed by atoms with Crippen molar-refractivity contribution in [2.45, 2.75) is 30.8 Å². The van der Waals surface area contributed by atoms with Crippen LogP contribution in [0.1, 0.15) is 18.9 Å². The Hall–Kier alpha value is -4.32. The molecule has 0 aliphatic carbocycles. The van der Waals surface area contributed by atoms with Gasteiger partial charge in [0.25, 0.3) is 15.7 Å². The Balaban J connectivity index is 2.08. The van der Waals surface area contributed by atoms with Gasteiger partial charge in [-0.2, -0.15) is 0 Å². The lowest BCUT2D eigenvalue weighted by Crippen LogP contribution is -2.51. The van der Waals surface area contributed by atoms with Crippen molar-refractivity contribution in [2.24, 2.45) is 0 Å². The molecule has 0 fully saturated rings. The number of nitro benzene ring substituents is 1. The van der Waals surface area contributed by atoms with E-state index in [1.165, 1.54) is 78.7 Å². The highest BCUT2D eigenvalue weighted by molar-refractivity contribution is 7.92. The molecule has 3 aromatic rings. The van der Waals surface area contributed by atoms with Crippen LogP contribution in [0.15, 0.2) is 83.8 Å². The summed E-state index contributed by atoms with van der Waals surface area (Å²) in [6.45, 7) is 0.857. The van der Waals surface area contributed by atoms with Crippen molar-refractivity contribution >= 4 is 33.2 Å². The molecule has 3 rings (SSSR count). The summed E-state index contributed by atoms with van der Waals surface area (Å²) in [5, 5.41) is 13.9. The quantitative estimate of drug-likeness (QED) is 0.292. The highest BCUT2D eigenvalue weighted by atomic mass is 32.2. The van der Waals surface area contributed by atoms with Gasteiger partial charge >= 0.3 is 0 Å². The number of hydrogen-bond donors (Lipinski definition) is 1. The smallest absolute Gasteiger partial charge is 0.271 e. The number of nitrogens with one attached hydrogen (secondary N) is 1. The molecule has 0 saturated heterocycles. The molecule has 1 N–H and O–H groups in total. The number of rotatable bonds is 11. The Labute approximate surface area is 219 Å². The summed E-state index contributed by atoms with van der Waals surface area (Å²) < 4.78 is 41.6. The maximum atomic E-state index is 13.7. The molecule has 1 atom stereocenters. The second-order valence-corrected chi connectivity index (χ2v) is 10.2. The first kappa shape index (κ1) is 28.3. The van der Waals surface area contributed by atoms with E-state index in [-0.39, 0.29) is 29.2 Å². The average Bonchev–Trinajstić information content (AvgIpc) is 2.92. The normalized spacial score (nSPS) is 11.9. The van der Waals surface area contributed by atoms with Crippen LogP contribution >= 0.6 is 0 Å². The molecule has 0 heterocycles. The van der Waals surface area contributed by atoms with E-state index in [0.29, 0.717) is 5.56 Å². The number of likely N-dealkylation sites (N-methyl/N-ethyl adjacent to an activating group) is 1. The molecule has 0 radical (unpaired) electrons. The van der Waals surface area contributed by atoms with Crippen LogP contribution in [-0.2, 0) is 26.2 Å². The monoisotopic (exact) mass is 542 g/mol. The molecular formula is C26H27FN4O6S. The molecule has 38 heavy (non-hydrogen) atoms. The van der Waals surface area contributed by atoms with Gasteiger partial charge in [0.2, 0.25) is 11.8 Å². The third kappa shape index (κ3) is 6.51. The molecule has 0 aromatic heterocycles. The van der Waals surface area contributed by atoms with Crippen molar-refractivity contribution in [2.75, 3.05) is 17.9 Å². The molecule has 12 heteroatoms. The lowest BCUT2D eigenvalue weighted by molar-refractivity contribution is -0.384. The molecule has 0 unspecified atom stereocenters. The first-order valence-electron chi connectivity index (χ1n) is 11.7. The Kier molecular flexibility index (Phi) is 9.13. The predicted octanol–water partition coefficient (Wildman–Crippen LogP) is 3.48. The molecule has 0 aliphatic rings. The summed E-state index contributed by atoms with van der Waals surface area (Å²) in [7, 11) is -2.93. The van der Waals surface area contributed by atoms with Crippen molar-refractivity contribution in [1.82, 2.24) is 10.2 Å². The van der Waals surface area contributed by atoms with Crippen LogP contribution in [0.5, 0.6) is 0 Å². The first-order valence-corrected chi connectivity index (χ1v) is 13.1. The molecule has 0 spiro atoms. The molecular weight excluding hydrogens is 515 g/mol. The topological polar surface area (TPSA) is 130 Å². The van der Waals surface area contributed by atoms with Crippen LogP contribution in [0.4, 0.5) is 15.8 Å². The Bertz CT molecular complexity index is 1400. The van der Waals surface area contributed by atoms with Crippen LogP contribution in [0.2, 0.25) is 0 Å². The number of sulfonamides is 1. The van der Waals surface area contributed by atoms with Crippen molar-refractivity contribution in [3.8, 4) is 0 Å². The zero-order chi connectivity index (χ0) is 27.9. The van der Waals surface area contributed by atoms with E-state index in [1.54, 1.807) is 13.0 Å². The minimum absolute atomic E-state index is 0.0915. The van der Waals surface area contributed by atoms with E-state index < -0.39 is 45.2 Å². The van der Waals surface area contributed by atoms with Crippen molar-refractivity contribution < 1.29 is 27.3 Å². The summed E-state index contributed by atoms with van der Waals surface area (Å²) >= 11 is 0. The van der Waals surface area contributed by atoms with Crippen molar-refractivity contribution in [3.05, 3.63) is 100 Å².